The summed E-state index contributed by atoms with van der Waals surface area (Å²) in [6.07, 6.45) is 6.29. The molecule has 2 aromatic heterocycles. The second-order valence-electron chi connectivity index (χ2n) is 6.99. The molecule has 2 heterocycles. The lowest BCUT2D eigenvalue weighted by atomic mass is 10.1. The van der Waals surface area contributed by atoms with Crippen LogP contribution in [0.4, 0.5) is 10.1 Å². The zero-order valence-electron chi connectivity index (χ0n) is 16.6. The summed E-state index contributed by atoms with van der Waals surface area (Å²) in [5.41, 5.74) is 4.03. The maximum atomic E-state index is 13.2. The first-order valence-corrected chi connectivity index (χ1v) is 10.7. The van der Waals surface area contributed by atoms with Crippen LogP contribution >= 0.6 is 0 Å². The average molecular weight is 422 g/mol. The van der Waals surface area contributed by atoms with E-state index in [0.29, 0.717) is 32.7 Å². The van der Waals surface area contributed by atoms with E-state index in [1.54, 1.807) is 41.5 Å². The number of aryl methyl sites for hydroxylation is 2. The van der Waals surface area contributed by atoms with Gasteiger partial charge in [0.1, 0.15) is 5.82 Å². The molecular formula is C22H19FN4O2S. The van der Waals surface area contributed by atoms with Gasteiger partial charge in [0.25, 0.3) is 5.91 Å². The number of anilines is 1. The highest BCUT2D eigenvalue weighted by molar-refractivity contribution is 7.84. The standard InChI is InChI=1S/C22H19FN4O2S/c1-13-8-14(2)21(30(3)29)9-19(13)26-22(28)18-10-24-12-20-17(18)11-25-27(20)16-6-4-15(23)5-7-16/h4-12H,1-3H3,(H,26,28). The molecular weight excluding hydrogens is 403 g/mol. The van der Waals surface area contributed by atoms with Crippen LogP contribution in [0.5, 0.6) is 0 Å². The van der Waals surface area contributed by atoms with Crippen molar-refractivity contribution in [3.8, 4) is 5.69 Å². The predicted octanol–water partition coefficient (Wildman–Crippen LogP) is 4.17. The summed E-state index contributed by atoms with van der Waals surface area (Å²) >= 11 is 0. The minimum absolute atomic E-state index is 0.339. The van der Waals surface area contributed by atoms with E-state index in [9.17, 15) is 13.4 Å². The highest BCUT2D eigenvalue weighted by Gasteiger charge is 2.17. The molecule has 8 heteroatoms. The lowest BCUT2D eigenvalue weighted by Gasteiger charge is -2.12. The van der Waals surface area contributed by atoms with Gasteiger partial charge < -0.3 is 5.32 Å². The Kier molecular flexibility index (Phi) is 5.17. The Bertz CT molecular complexity index is 1300. The summed E-state index contributed by atoms with van der Waals surface area (Å²) in [5, 5.41) is 7.86. The first-order chi connectivity index (χ1) is 14.3. The number of fused-ring (bicyclic) bond motifs is 1. The zero-order valence-corrected chi connectivity index (χ0v) is 17.5. The summed E-state index contributed by atoms with van der Waals surface area (Å²) < 4.78 is 26.8. The van der Waals surface area contributed by atoms with Crippen LogP contribution in [0.2, 0.25) is 0 Å². The Morgan fingerprint density at radius 1 is 1.07 bits per heavy atom. The number of carbonyl (C=O) groups excluding carboxylic acids is 1. The van der Waals surface area contributed by atoms with Crippen molar-refractivity contribution >= 4 is 33.3 Å². The third kappa shape index (κ3) is 3.61. The van der Waals surface area contributed by atoms with Gasteiger partial charge in [-0.1, -0.05) is 6.07 Å². The van der Waals surface area contributed by atoms with Crippen molar-refractivity contribution in [2.45, 2.75) is 18.7 Å². The third-order valence-electron chi connectivity index (χ3n) is 4.89. The molecule has 6 nitrogen and oxygen atoms in total. The van der Waals surface area contributed by atoms with Crippen LogP contribution in [0.3, 0.4) is 0 Å². The van der Waals surface area contributed by atoms with Crippen LogP contribution in [0, 0.1) is 19.7 Å². The molecule has 4 rings (SSSR count). The summed E-state index contributed by atoms with van der Waals surface area (Å²) in [6.45, 7) is 3.78. The molecule has 0 aliphatic heterocycles. The fourth-order valence-electron chi connectivity index (χ4n) is 3.38. The average Bonchev–Trinajstić information content (AvgIpc) is 3.14. The molecule has 4 aromatic rings. The van der Waals surface area contributed by atoms with Gasteiger partial charge >= 0.3 is 0 Å². The molecule has 0 saturated carbocycles. The fraction of sp³-hybridized carbons (Fsp3) is 0.136. The number of hydrogen-bond acceptors (Lipinski definition) is 4. The van der Waals surface area contributed by atoms with Crippen molar-refractivity contribution < 1.29 is 13.4 Å². The molecule has 1 N–H and O–H groups in total. The fourth-order valence-corrected chi connectivity index (χ4v) is 4.17. The molecule has 1 unspecified atom stereocenters. The number of benzene rings is 2. The van der Waals surface area contributed by atoms with Gasteiger partial charge in [0.05, 0.1) is 40.0 Å². The van der Waals surface area contributed by atoms with E-state index in [-0.39, 0.29) is 11.7 Å². The van der Waals surface area contributed by atoms with E-state index in [2.05, 4.69) is 15.4 Å². The van der Waals surface area contributed by atoms with Crippen molar-refractivity contribution in [1.29, 1.82) is 0 Å². The minimum atomic E-state index is -1.16. The van der Waals surface area contributed by atoms with Crippen molar-refractivity contribution in [1.82, 2.24) is 14.8 Å². The molecule has 0 saturated heterocycles. The van der Waals surface area contributed by atoms with Crippen molar-refractivity contribution in [3.63, 3.8) is 0 Å². The van der Waals surface area contributed by atoms with E-state index in [0.717, 1.165) is 11.1 Å². The number of amides is 1. The topological polar surface area (TPSA) is 76.9 Å². The lowest BCUT2D eigenvalue weighted by Crippen LogP contribution is -2.14. The quantitative estimate of drug-likeness (QED) is 0.536. The second-order valence-corrected chi connectivity index (χ2v) is 8.34. The molecule has 30 heavy (non-hydrogen) atoms. The van der Waals surface area contributed by atoms with Crippen LogP contribution in [-0.4, -0.2) is 31.1 Å². The van der Waals surface area contributed by atoms with Crippen molar-refractivity contribution in [3.05, 3.63) is 77.5 Å². The summed E-state index contributed by atoms with van der Waals surface area (Å²) in [4.78, 5) is 17.9. The Morgan fingerprint density at radius 3 is 2.50 bits per heavy atom. The first-order valence-electron chi connectivity index (χ1n) is 9.19. The zero-order chi connectivity index (χ0) is 21.4. The van der Waals surface area contributed by atoms with Gasteiger partial charge in [0.2, 0.25) is 0 Å². The molecule has 0 bridgehead atoms. The number of nitrogens with one attached hydrogen (secondary N) is 1. The molecule has 0 aliphatic rings. The maximum Gasteiger partial charge on any atom is 0.257 e. The normalized spacial score (nSPS) is 12.1. The molecule has 0 radical (unpaired) electrons. The second kappa shape index (κ2) is 7.79. The Hall–Kier alpha value is -3.39. The highest BCUT2D eigenvalue weighted by atomic mass is 32.2. The van der Waals surface area contributed by atoms with E-state index in [1.807, 2.05) is 19.9 Å². The van der Waals surface area contributed by atoms with Crippen LogP contribution in [0.1, 0.15) is 21.5 Å². The van der Waals surface area contributed by atoms with E-state index >= 15 is 0 Å². The lowest BCUT2D eigenvalue weighted by molar-refractivity contribution is 0.102. The molecule has 152 valence electrons. The SMILES string of the molecule is Cc1cc(C)c(S(C)=O)cc1NC(=O)c1cncc2c1cnn2-c1ccc(F)cc1. The number of halogens is 1. The number of carbonyl (C=O) groups is 1. The predicted molar refractivity (Wildman–Crippen MR) is 115 cm³/mol. The van der Waals surface area contributed by atoms with E-state index < -0.39 is 10.8 Å². The molecule has 0 fully saturated rings. The van der Waals surface area contributed by atoms with Gasteiger partial charge in [-0.3, -0.25) is 14.0 Å². The van der Waals surface area contributed by atoms with Crippen molar-refractivity contribution in [2.75, 3.05) is 11.6 Å². The molecule has 2 aromatic carbocycles. The maximum absolute atomic E-state index is 13.2. The monoisotopic (exact) mass is 422 g/mol. The van der Waals surface area contributed by atoms with E-state index in [1.165, 1.54) is 18.3 Å². The number of aromatic nitrogens is 3. The van der Waals surface area contributed by atoms with Gasteiger partial charge in [-0.2, -0.15) is 5.10 Å². The number of hydrogen-bond donors (Lipinski definition) is 1. The third-order valence-corrected chi connectivity index (χ3v) is 5.95. The number of rotatable bonds is 4. The molecule has 1 atom stereocenters. The molecule has 1 amide bonds. The van der Waals surface area contributed by atoms with Gasteiger partial charge in [-0.05, 0) is 55.3 Å². The van der Waals surface area contributed by atoms with Crippen molar-refractivity contribution in [2.24, 2.45) is 0 Å². The van der Waals surface area contributed by atoms with Gasteiger partial charge in [0.15, 0.2) is 0 Å². The van der Waals surface area contributed by atoms with Gasteiger partial charge in [-0.15, -0.1) is 0 Å². The summed E-state index contributed by atoms with van der Waals surface area (Å²) in [6, 6.07) is 9.56. The smallest absolute Gasteiger partial charge is 0.257 e. The molecule has 0 aliphatic carbocycles. The van der Waals surface area contributed by atoms with Crippen LogP contribution in [0.15, 0.2) is 59.9 Å². The first kappa shape index (κ1) is 19.9. The van der Waals surface area contributed by atoms with Crippen LogP contribution in [-0.2, 0) is 10.8 Å². The minimum Gasteiger partial charge on any atom is -0.322 e. The number of nitrogens with zero attached hydrogens (tertiary/aromatic N) is 3. The largest absolute Gasteiger partial charge is 0.322 e. The summed E-state index contributed by atoms with van der Waals surface area (Å²) in [5.74, 6) is -0.680. The highest BCUT2D eigenvalue weighted by Crippen LogP contribution is 2.25. The Morgan fingerprint density at radius 2 is 1.80 bits per heavy atom. The van der Waals surface area contributed by atoms with Crippen LogP contribution in [0.25, 0.3) is 16.6 Å². The number of pyridine rings is 1. The molecule has 0 spiro atoms. The Labute approximate surface area is 175 Å². The van der Waals surface area contributed by atoms with Crippen LogP contribution < -0.4 is 5.32 Å². The van der Waals surface area contributed by atoms with E-state index in [4.69, 9.17) is 0 Å². The summed E-state index contributed by atoms with van der Waals surface area (Å²) in [7, 11) is -1.16. The van der Waals surface area contributed by atoms with Gasteiger partial charge in [0, 0.05) is 28.4 Å². The van der Waals surface area contributed by atoms with Gasteiger partial charge in [-0.25, -0.2) is 9.07 Å². The Balaban J connectivity index is 1.72.